The van der Waals surface area contributed by atoms with Crippen LogP contribution in [0.3, 0.4) is 0 Å². The first kappa shape index (κ1) is 33.1. The van der Waals surface area contributed by atoms with Crippen molar-refractivity contribution in [1.29, 1.82) is 0 Å². The fourth-order valence-corrected chi connectivity index (χ4v) is 4.28. The van der Waals surface area contributed by atoms with E-state index in [1.807, 2.05) is 19.1 Å². The van der Waals surface area contributed by atoms with E-state index in [2.05, 4.69) is 13.5 Å². The number of hydrogen-bond acceptors (Lipinski definition) is 7. The molecule has 0 spiro atoms. The molecule has 0 saturated heterocycles. The Morgan fingerprint density at radius 1 is 0.674 bits per heavy atom. The average molecular weight is 587 g/mol. The number of benzene rings is 3. The Morgan fingerprint density at radius 2 is 1.19 bits per heavy atom. The van der Waals surface area contributed by atoms with E-state index in [1.54, 1.807) is 61.5 Å². The summed E-state index contributed by atoms with van der Waals surface area (Å²) in [5, 5.41) is 0. The summed E-state index contributed by atoms with van der Waals surface area (Å²) >= 11 is 0. The Hall–Kier alpha value is -4.39. The summed E-state index contributed by atoms with van der Waals surface area (Å²) < 4.78 is 22.0. The Balaban J connectivity index is 1.34. The molecule has 0 fully saturated rings. The first-order valence-corrected chi connectivity index (χ1v) is 15.0. The van der Waals surface area contributed by atoms with E-state index >= 15 is 0 Å². The second-order valence-corrected chi connectivity index (χ2v) is 10.5. The lowest BCUT2D eigenvalue weighted by Crippen LogP contribution is -2.10. The minimum Gasteiger partial charge on any atom is -0.493 e. The highest BCUT2D eigenvalue weighted by Gasteiger charge is 2.13. The molecule has 43 heavy (non-hydrogen) atoms. The second-order valence-electron chi connectivity index (χ2n) is 10.5. The fourth-order valence-electron chi connectivity index (χ4n) is 4.28. The van der Waals surface area contributed by atoms with E-state index in [1.165, 1.54) is 0 Å². The molecule has 0 amide bonds. The summed E-state index contributed by atoms with van der Waals surface area (Å²) in [4.78, 5) is 36.5. The van der Waals surface area contributed by atoms with Gasteiger partial charge in [-0.1, -0.05) is 57.7 Å². The fraction of sp³-hybridized carbons (Fsp3) is 0.361. The monoisotopic (exact) mass is 586 g/mol. The third-order valence-electron chi connectivity index (χ3n) is 6.88. The van der Waals surface area contributed by atoms with Gasteiger partial charge in [-0.3, -0.25) is 0 Å². The summed E-state index contributed by atoms with van der Waals surface area (Å²) in [5.41, 5.74) is 3.22. The number of hydrogen-bond donors (Lipinski definition) is 0. The van der Waals surface area contributed by atoms with Crippen LogP contribution in [-0.2, 0) is 16.0 Å². The Bertz CT molecular complexity index is 1360. The number of esters is 3. The highest BCUT2D eigenvalue weighted by atomic mass is 16.5. The van der Waals surface area contributed by atoms with Gasteiger partial charge in [-0.15, -0.1) is 0 Å². The maximum Gasteiger partial charge on any atom is 0.343 e. The summed E-state index contributed by atoms with van der Waals surface area (Å²) in [5.74, 6) is 0.261. The molecule has 228 valence electrons. The predicted octanol–water partition coefficient (Wildman–Crippen LogP) is 8.22. The molecule has 0 unspecified atom stereocenters. The van der Waals surface area contributed by atoms with Crippen molar-refractivity contribution in [1.82, 2.24) is 0 Å². The molecule has 0 atom stereocenters. The van der Waals surface area contributed by atoms with Crippen molar-refractivity contribution in [3.05, 3.63) is 101 Å². The van der Waals surface area contributed by atoms with Crippen LogP contribution >= 0.6 is 0 Å². The van der Waals surface area contributed by atoms with Crippen LogP contribution in [0.25, 0.3) is 0 Å². The van der Waals surface area contributed by atoms with E-state index in [0.29, 0.717) is 41.4 Å². The van der Waals surface area contributed by atoms with Gasteiger partial charge in [0.2, 0.25) is 0 Å². The molecule has 0 aliphatic carbocycles. The van der Waals surface area contributed by atoms with E-state index < -0.39 is 11.9 Å². The van der Waals surface area contributed by atoms with Crippen LogP contribution in [0.4, 0.5) is 0 Å². The van der Waals surface area contributed by atoms with Crippen molar-refractivity contribution in [2.75, 3.05) is 13.2 Å². The van der Waals surface area contributed by atoms with Gasteiger partial charge in [-0.05, 0) is 98.8 Å². The highest BCUT2D eigenvalue weighted by molar-refractivity contribution is 5.93. The summed E-state index contributed by atoms with van der Waals surface area (Å²) in [6, 6.07) is 18.9. The van der Waals surface area contributed by atoms with Crippen molar-refractivity contribution in [3.8, 4) is 17.2 Å². The van der Waals surface area contributed by atoms with Gasteiger partial charge < -0.3 is 18.9 Å². The van der Waals surface area contributed by atoms with Crippen LogP contribution in [0.15, 0.2) is 78.9 Å². The van der Waals surface area contributed by atoms with E-state index in [9.17, 15) is 14.4 Å². The third-order valence-corrected chi connectivity index (χ3v) is 6.88. The van der Waals surface area contributed by atoms with E-state index in [0.717, 1.165) is 68.2 Å². The molecule has 0 aliphatic rings. The first-order chi connectivity index (χ1) is 20.8. The summed E-state index contributed by atoms with van der Waals surface area (Å²) in [6.07, 6.45) is 8.26. The molecule has 0 saturated carbocycles. The van der Waals surface area contributed by atoms with Gasteiger partial charge in [0.05, 0.1) is 24.3 Å². The van der Waals surface area contributed by atoms with Gasteiger partial charge in [0, 0.05) is 5.57 Å². The molecule has 0 aliphatic heterocycles. The van der Waals surface area contributed by atoms with Gasteiger partial charge in [-0.25, -0.2) is 14.4 Å². The molecule has 0 aromatic heterocycles. The Labute approximate surface area is 254 Å². The van der Waals surface area contributed by atoms with Crippen LogP contribution in [0.2, 0.25) is 0 Å². The average Bonchev–Trinajstić information content (AvgIpc) is 3.00. The van der Waals surface area contributed by atoms with Gasteiger partial charge in [-0.2, -0.15) is 0 Å². The lowest BCUT2D eigenvalue weighted by atomic mass is 10.1. The lowest BCUT2D eigenvalue weighted by Gasteiger charge is -2.11. The van der Waals surface area contributed by atoms with Crippen molar-refractivity contribution in [2.45, 2.75) is 72.1 Å². The van der Waals surface area contributed by atoms with E-state index in [4.69, 9.17) is 18.9 Å². The summed E-state index contributed by atoms with van der Waals surface area (Å²) in [6.45, 7) is 10.2. The minimum absolute atomic E-state index is 0.318. The van der Waals surface area contributed by atoms with Crippen LogP contribution < -0.4 is 14.2 Å². The second kappa shape index (κ2) is 17.5. The van der Waals surface area contributed by atoms with Gasteiger partial charge in [0.25, 0.3) is 0 Å². The number of unbranched alkanes of at least 4 members (excludes halogenated alkanes) is 6. The number of rotatable bonds is 17. The zero-order valence-corrected chi connectivity index (χ0v) is 25.5. The van der Waals surface area contributed by atoms with Crippen LogP contribution in [-0.4, -0.2) is 31.1 Å². The maximum atomic E-state index is 12.7. The molecule has 7 heteroatoms. The number of carbonyl (C=O) groups excluding carboxylic acids is 3. The molecule has 0 heterocycles. The normalized spacial score (nSPS) is 10.6. The SMILES string of the molecule is C=C(C)C(=O)OCCCCCCCCCOc1ccc(C(=O)Oc2ccc(C(=O)Oc3ccc(CC)cc3)cc2)cc1C. The molecular formula is C36H42O7. The summed E-state index contributed by atoms with van der Waals surface area (Å²) in [7, 11) is 0. The minimum atomic E-state index is -0.491. The zero-order valence-electron chi connectivity index (χ0n) is 25.5. The molecular weight excluding hydrogens is 544 g/mol. The largest absolute Gasteiger partial charge is 0.493 e. The van der Waals surface area contributed by atoms with Crippen molar-refractivity contribution < 1.29 is 33.3 Å². The highest BCUT2D eigenvalue weighted by Crippen LogP contribution is 2.22. The van der Waals surface area contributed by atoms with E-state index in [-0.39, 0.29) is 5.97 Å². The Kier molecular flexibility index (Phi) is 13.5. The quantitative estimate of drug-likeness (QED) is 0.0681. The molecule has 0 radical (unpaired) electrons. The van der Waals surface area contributed by atoms with Gasteiger partial charge in [0.1, 0.15) is 17.2 Å². The van der Waals surface area contributed by atoms with Crippen LogP contribution in [0.5, 0.6) is 17.2 Å². The third kappa shape index (κ3) is 11.4. The number of ether oxygens (including phenoxy) is 4. The Morgan fingerprint density at radius 3 is 1.74 bits per heavy atom. The topological polar surface area (TPSA) is 88.1 Å². The molecule has 3 aromatic rings. The number of carbonyl (C=O) groups is 3. The molecule has 0 bridgehead atoms. The maximum absolute atomic E-state index is 12.7. The van der Waals surface area contributed by atoms with Gasteiger partial charge in [0.15, 0.2) is 0 Å². The van der Waals surface area contributed by atoms with Crippen LogP contribution in [0, 0.1) is 6.92 Å². The van der Waals surface area contributed by atoms with Crippen molar-refractivity contribution >= 4 is 17.9 Å². The van der Waals surface area contributed by atoms with Crippen LogP contribution in [0.1, 0.15) is 90.6 Å². The lowest BCUT2D eigenvalue weighted by molar-refractivity contribution is -0.139. The molecule has 3 rings (SSSR count). The van der Waals surface area contributed by atoms with Gasteiger partial charge >= 0.3 is 17.9 Å². The van der Waals surface area contributed by atoms with Crippen molar-refractivity contribution in [3.63, 3.8) is 0 Å². The van der Waals surface area contributed by atoms with Crippen molar-refractivity contribution in [2.24, 2.45) is 0 Å². The standard InChI is InChI=1S/C36H42O7/c1-5-28-13-18-31(19-14-28)42-35(38)29-15-20-32(21-16-29)43-36(39)30-17-22-33(27(4)25-30)40-23-11-9-7-6-8-10-12-24-41-34(37)26(2)3/h13-22,25H,2,5-12,23-24H2,1,3-4H3. The smallest absolute Gasteiger partial charge is 0.343 e. The molecule has 3 aromatic carbocycles. The zero-order chi connectivity index (χ0) is 31.0. The molecule has 0 N–H and O–H groups in total. The molecule has 7 nitrogen and oxygen atoms in total. The predicted molar refractivity (Wildman–Crippen MR) is 167 cm³/mol. The number of aryl methyl sites for hydroxylation is 2. The first-order valence-electron chi connectivity index (χ1n) is 15.0.